The van der Waals surface area contributed by atoms with Gasteiger partial charge >= 0.3 is 5.97 Å². The summed E-state index contributed by atoms with van der Waals surface area (Å²) in [4.78, 5) is 10.9. The van der Waals surface area contributed by atoms with E-state index < -0.39 is 17.1 Å². The van der Waals surface area contributed by atoms with Gasteiger partial charge in [-0.3, -0.25) is 4.79 Å². The predicted molar refractivity (Wildman–Crippen MR) is 67.8 cm³/mol. The highest BCUT2D eigenvalue weighted by molar-refractivity contribution is 8.00. The van der Waals surface area contributed by atoms with E-state index in [1.807, 2.05) is 13.8 Å². The molecule has 0 aromatic rings. The van der Waals surface area contributed by atoms with E-state index in [0.717, 1.165) is 0 Å². The molecule has 2 nitrogen and oxygen atoms in total. The first-order chi connectivity index (χ1) is 7.78. The number of thioether (sulfide) groups is 1. The lowest BCUT2D eigenvalue weighted by Crippen LogP contribution is -2.20. The van der Waals surface area contributed by atoms with E-state index in [1.54, 1.807) is 0 Å². The van der Waals surface area contributed by atoms with Crippen molar-refractivity contribution in [1.82, 2.24) is 0 Å². The standard InChI is InChI=1S/C12H22F2O2S/c1-4-12(13,14)6-5-7-17-10(11(15)16)8-9(2)3/h9-10H,4-8H2,1-3H3,(H,15,16). The van der Waals surface area contributed by atoms with Gasteiger partial charge in [-0.25, -0.2) is 8.78 Å². The second kappa shape index (κ2) is 7.90. The molecule has 0 bridgehead atoms. The number of rotatable bonds is 9. The number of hydrogen-bond donors (Lipinski definition) is 1. The average molecular weight is 268 g/mol. The molecule has 1 atom stereocenters. The Morgan fingerprint density at radius 2 is 2.00 bits per heavy atom. The van der Waals surface area contributed by atoms with E-state index in [0.29, 0.717) is 24.5 Å². The van der Waals surface area contributed by atoms with Gasteiger partial charge in [-0.05, 0) is 24.5 Å². The van der Waals surface area contributed by atoms with E-state index in [-0.39, 0.29) is 12.8 Å². The first kappa shape index (κ1) is 16.7. The maximum Gasteiger partial charge on any atom is 0.316 e. The van der Waals surface area contributed by atoms with Crippen LogP contribution in [0, 0.1) is 5.92 Å². The van der Waals surface area contributed by atoms with Gasteiger partial charge in [0.2, 0.25) is 5.92 Å². The van der Waals surface area contributed by atoms with Crippen molar-refractivity contribution in [2.45, 2.75) is 57.6 Å². The fourth-order valence-electron chi connectivity index (χ4n) is 1.40. The molecule has 0 aliphatic rings. The van der Waals surface area contributed by atoms with Crippen molar-refractivity contribution in [1.29, 1.82) is 0 Å². The Bertz CT molecular complexity index is 233. The molecule has 5 heteroatoms. The second-order valence-corrected chi connectivity index (χ2v) is 5.95. The van der Waals surface area contributed by atoms with Crippen LogP contribution in [0.3, 0.4) is 0 Å². The van der Waals surface area contributed by atoms with Crippen LogP contribution >= 0.6 is 11.8 Å². The summed E-state index contributed by atoms with van der Waals surface area (Å²) in [5, 5.41) is 8.49. The maximum atomic E-state index is 12.9. The zero-order valence-electron chi connectivity index (χ0n) is 10.7. The number of aliphatic carboxylic acids is 1. The van der Waals surface area contributed by atoms with Crippen molar-refractivity contribution in [3.8, 4) is 0 Å². The van der Waals surface area contributed by atoms with Crippen LogP contribution in [-0.2, 0) is 4.79 Å². The summed E-state index contributed by atoms with van der Waals surface area (Å²) in [5.41, 5.74) is 0. The zero-order valence-corrected chi connectivity index (χ0v) is 11.5. The summed E-state index contributed by atoms with van der Waals surface area (Å²) >= 11 is 1.28. The van der Waals surface area contributed by atoms with Gasteiger partial charge in [0.15, 0.2) is 0 Å². The summed E-state index contributed by atoms with van der Waals surface area (Å²) in [6.45, 7) is 5.38. The topological polar surface area (TPSA) is 37.3 Å². The normalized spacial score (nSPS) is 14.0. The highest BCUT2D eigenvalue weighted by atomic mass is 32.2. The largest absolute Gasteiger partial charge is 0.480 e. The van der Waals surface area contributed by atoms with E-state index in [1.165, 1.54) is 18.7 Å². The van der Waals surface area contributed by atoms with E-state index in [4.69, 9.17) is 5.11 Å². The number of hydrogen-bond acceptors (Lipinski definition) is 2. The third-order valence-electron chi connectivity index (χ3n) is 2.48. The molecule has 0 saturated carbocycles. The third kappa shape index (κ3) is 8.41. The molecule has 0 radical (unpaired) electrons. The molecular weight excluding hydrogens is 246 g/mol. The summed E-state index contributed by atoms with van der Waals surface area (Å²) < 4.78 is 25.8. The molecule has 1 N–H and O–H groups in total. The zero-order chi connectivity index (χ0) is 13.5. The van der Waals surface area contributed by atoms with Crippen molar-refractivity contribution in [2.75, 3.05) is 5.75 Å². The van der Waals surface area contributed by atoms with Gasteiger partial charge in [-0.2, -0.15) is 0 Å². The highest BCUT2D eigenvalue weighted by Gasteiger charge is 2.26. The van der Waals surface area contributed by atoms with Crippen LogP contribution in [0.4, 0.5) is 8.78 Å². The number of carboxylic acid groups (broad SMARTS) is 1. The van der Waals surface area contributed by atoms with Crippen LogP contribution in [0.5, 0.6) is 0 Å². The van der Waals surface area contributed by atoms with E-state index in [2.05, 4.69) is 0 Å². The fourth-order valence-corrected chi connectivity index (χ4v) is 2.66. The molecule has 0 spiro atoms. The summed E-state index contributed by atoms with van der Waals surface area (Å²) in [7, 11) is 0. The van der Waals surface area contributed by atoms with Crippen LogP contribution in [0.15, 0.2) is 0 Å². The van der Waals surface area contributed by atoms with Gasteiger partial charge in [0, 0.05) is 12.8 Å². The van der Waals surface area contributed by atoms with Crippen LogP contribution in [0.25, 0.3) is 0 Å². The third-order valence-corrected chi connectivity index (χ3v) is 3.80. The summed E-state index contributed by atoms with van der Waals surface area (Å²) in [6.07, 6.45) is 0.661. The summed E-state index contributed by atoms with van der Waals surface area (Å²) in [6, 6.07) is 0. The van der Waals surface area contributed by atoms with Gasteiger partial charge in [0.25, 0.3) is 0 Å². The quantitative estimate of drug-likeness (QED) is 0.641. The SMILES string of the molecule is CCC(F)(F)CCCSC(CC(C)C)C(=O)O. The van der Waals surface area contributed by atoms with Gasteiger partial charge in [0.1, 0.15) is 5.25 Å². The molecule has 0 rings (SSSR count). The van der Waals surface area contributed by atoms with Gasteiger partial charge in [-0.1, -0.05) is 20.8 Å². The monoisotopic (exact) mass is 268 g/mol. The first-order valence-electron chi connectivity index (χ1n) is 6.00. The number of carbonyl (C=O) groups is 1. The fraction of sp³-hybridized carbons (Fsp3) is 0.917. The first-order valence-corrected chi connectivity index (χ1v) is 7.05. The molecule has 0 aromatic carbocycles. The van der Waals surface area contributed by atoms with Crippen LogP contribution < -0.4 is 0 Å². The lowest BCUT2D eigenvalue weighted by Gasteiger charge is -2.16. The number of carboxylic acids is 1. The van der Waals surface area contributed by atoms with Crippen molar-refractivity contribution in [3.63, 3.8) is 0 Å². The van der Waals surface area contributed by atoms with Gasteiger partial charge in [0.05, 0.1) is 0 Å². The minimum absolute atomic E-state index is 0.147. The molecule has 0 heterocycles. The Hall–Kier alpha value is -0.320. The Kier molecular flexibility index (Phi) is 7.75. The smallest absolute Gasteiger partial charge is 0.316 e. The number of alkyl halides is 2. The molecule has 0 aliphatic heterocycles. The number of halogens is 2. The lowest BCUT2D eigenvalue weighted by molar-refractivity contribution is -0.136. The molecule has 0 saturated heterocycles. The van der Waals surface area contributed by atoms with Gasteiger partial charge in [-0.15, -0.1) is 11.8 Å². The maximum absolute atomic E-state index is 12.9. The van der Waals surface area contributed by atoms with Crippen LogP contribution in [0.1, 0.15) is 46.5 Å². The Labute approximate surface area is 106 Å². The molecular formula is C12H22F2O2S. The summed E-state index contributed by atoms with van der Waals surface area (Å²) in [5.74, 6) is -2.65. The molecule has 0 amide bonds. The molecule has 0 fully saturated rings. The lowest BCUT2D eigenvalue weighted by atomic mass is 10.1. The second-order valence-electron chi connectivity index (χ2n) is 4.64. The van der Waals surface area contributed by atoms with Gasteiger partial charge < -0.3 is 5.11 Å². The van der Waals surface area contributed by atoms with Crippen molar-refractivity contribution < 1.29 is 18.7 Å². The van der Waals surface area contributed by atoms with Crippen molar-refractivity contribution in [2.24, 2.45) is 5.92 Å². The minimum atomic E-state index is -2.60. The van der Waals surface area contributed by atoms with Crippen LogP contribution in [-0.4, -0.2) is 28.0 Å². The molecule has 0 aliphatic carbocycles. The average Bonchev–Trinajstić information content (AvgIpc) is 2.21. The van der Waals surface area contributed by atoms with Crippen LogP contribution in [0.2, 0.25) is 0 Å². The van der Waals surface area contributed by atoms with Crippen molar-refractivity contribution >= 4 is 17.7 Å². The molecule has 102 valence electrons. The van der Waals surface area contributed by atoms with E-state index in [9.17, 15) is 13.6 Å². The predicted octanol–water partition coefficient (Wildman–Crippen LogP) is 4.04. The minimum Gasteiger partial charge on any atom is -0.480 e. The Morgan fingerprint density at radius 3 is 2.41 bits per heavy atom. The van der Waals surface area contributed by atoms with Crippen molar-refractivity contribution in [3.05, 3.63) is 0 Å². The van der Waals surface area contributed by atoms with E-state index >= 15 is 0 Å². The molecule has 0 aromatic heterocycles. The molecule has 17 heavy (non-hydrogen) atoms. The Balaban J connectivity index is 3.87. The Morgan fingerprint density at radius 1 is 1.41 bits per heavy atom. The molecule has 1 unspecified atom stereocenters. The highest BCUT2D eigenvalue weighted by Crippen LogP contribution is 2.27.